The molecule has 104 valence electrons. The molecule has 0 atom stereocenters. The van der Waals surface area contributed by atoms with Gasteiger partial charge in [-0.05, 0) is 49.2 Å². The average Bonchev–Trinajstić information content (AvgIpc) is 2.75. The van der Waals surface area contributed by atoms with Crippen molar-refractivity contribution in [1.82, 2.24) is 5.32 Å². The fourth-order valence-electron chi connectivity index (χ4n) is 1.75. The van der Waals surface area contributed by atoms with E-state index in [0.717, 1.165) is 11.3 Å². The fourth-order valence-corrected chi connectivity index (χ4v) is 2.74. The van der Waals surface area contributed by atoms with Crippen LogP contribution in [0.5, 0.6) is 0 Å². The van der Waals surface area contributed by atoms with Crippen LogP contribution in [0.4, 0.5) is 5.69 Å². The molecule has 20 heavy (non-hydrogen) atoms. The number of amides is 1. The first-order valence-corrected chi connectivity index (χ1v) is 7.23. The van der Waals surface area contributed by atoms with Crippen molar-refractivity contribution < 1.29 is 4.79 Å². The molecule has 0 bridgehead atoms. The highest BCUT2D eigenvalue weighted by Crippen LogP contribution is 2.20. The summed E-state index contributed by atoms with van der Waals surface area (Å²) >= 11 is 1.72. The van der Waals surface area contributed by atoms with Crippen molar-refractivity contribution in [1.29, 1.82) is 0 Å². The van der Waals surface area contributed by atoms with E-state index in [4.69, 9.17) is 5.73 Å². The summed E-state index contributed by atoms with van der Waals surface area (Å²) < 4.78 is 0. The van der Waals surface area contributed by atoms with Gasteiger partial charge in [0, 0.05) is 21.5 Å². The first-order chi connectivity index (χ1) is 9.54. The molecule has 0 saturated heterocycles. The average molecular weight is 286 g/mol. The van der Waals surface area contributed by atoms with Gasteiger partial charge in [0.1, 0.15) is 0 Å². The van der Waals surface area contributed by atoms with Crippen LogP contribution in [0.15, 0.2) is 36.4 Å². The minimum Gasteiger partial charge on any atom is -0.399 e. The van der Waals surface area contributed by atoms with Gasteiger partial charge in [-0.3, -0.25) is 4.79 Å². The van der Waals surface area contributed by atoms with E-state index >= 15 is 0 Å². The Morgan fingerprint density at radius 1 is 1.30 bits per heavy atom. The molecular formula is C16H18N2OS. The first kappa shape index (κ1) is 14.3. The zero-order chi connectivity index (χ0) is 14.5. The maximum atomic E-state index is 11.7. The molecule has 0 spiro atoms. The predicted molar refractivity (Wildman–Crippen MR) is 85.5 cm³/mol. The molecule has 4 heteroatoms. The van der Waals surface area contributed by atoms with E-state index in [1.54, 1.807) is 23.5 Å². The van der Waals surface area contributed by atoms with E-state index in [2.05, 4.69) is 25.2 Å². The molecule has 1 heterocycles. The van der Waals surface area contributed by atoms with E-state index < -0.39 is 0 Å². The Morgan fingerprint density at radius 2 is 2.00 bits per heavy atom. The van der Waals surface area contributed by atoms with Gasteiger partial charge in [0.15, 0.2) is 0 Å². The first-order valence-electron chi connectivity index (χ1n) is 6.42. The quantitative estimate of drug-likeness (QED) is 0.669. The second kappa shape index (κ2) is 6.39. The smallest absolute Gasteiger partial charge is 0.244 e. The van der Waals surface area contributed by atoms with E-state index in [1.165, 1.54) is 15.3 Å². The Labute approximate surface area is 123 Å². The van der Waals surface area contributed by atoms with E-state index in [9.17, 15) is 4.79 Å². The van der Waals surface area contributed by atoms with Gasteiger partial charge < -0.3 is 11.1 Å². The summed E-state index contributed by atoms with van der Waals surface area (Å²) in [5, 5.41) is 2.88. The Balaban J connectivity index is 1.87. The molecule has 1 aromatic carbocycles. The fraction of sp³-hybridized carbons (Fsp3) is 0.188. The summed E-state index contributed by atoms with van der Waals surface area (Å²) in [6, 6.07) is 9.50. The van der Waals surface area contributed by atoms with Gasteiger partial charge in [0.25, 0.3) is 0 Å². The number of benzene rings is 1. The van der Waals surface area contributed by atoms with Gasteiger partial charge in [0.2, 0.25) is 5.91 Å². The lowest BCUT2D eigenvalue weighted by atomic mass is 10.2. The highest BCUT2D eigenvalue weighted by atomic mass is 32.1. The number of nitrogens with two attached hydrogens (primary N) is 1. The number of anilines is 1. The van der Waals surface area contributed by atoms with Crippen molar-refractivity contribution >= 4 is 29.0 Å². The van der Waals surface area contributed by atoms with E-state index in [0.29, 0.717) is 6.54 Å². The number of nitrogen functional groups attached to an aromatic ring is 1. The normalized spacial score (nSPS) is 10.9. The third kappa shape index (κ3) is 3.96. The molecule has 2 rings (SSSR count). The number of thiophene rings is 1. The summed E-state index contributed by atoms with van der Waals surface area (Å²) in [4.78, 5) is 14.2. The van der Waals surface area contributed by atoms with Gasteiger partial charge in [-0.1, -0.05) is 12.1 Å². The topological polar surface area (TPSA) is 55.1 Å². The van der Waals surface area contributed by atoms with Gasteiger partial charge >= 0.3 is 0 Å². The third-order valence-electron chi connectivity index (χ3n) is 3.02. The summed E-state index contributed by atoms with van der Waals surface area (Å²) in [6.07, 6.45) is 3.32. The monoisotopic (exact) mass is 286 g/mol. The molecule has 0 aliphatic rings. The van der Waals surface area contributed by atoms with Gasteiger partial charge in [-0.25, -0.2) is 0 Å². The van der Waals surface area contributed by atoms with Crippen LogP contribution in [0.3, 0.4) is 0 Å². The minimum absolute atomic E-state index is 0.0921. The number of carbonyl (C=O) groups is 1. The van der Waals surface area contributed by atoms with Crippen LogP contribution < -0.4 is 11.1 Å². The maximum absolute atomic E-state index is 11.7. The number of nitrogens with one attached hydrogen (secondary N) is 1. The standard InChI is InChI=1S/C16H18N2OS/c1-11-9-15(20-12(11)2)10-18-16(19)8-5-13-3-6-14(17)7-4-13/h3-9H,10,17H2,1-2H3,(H,18,19)/b8-5+. The van der Waals surface area contributed by atoms with E-state index in [-0.39, 0.29) is 5.91 Å². The van der Waals surface area contributed by atoms with Crippen molar-refractivity contribution in [2.75, 3.05) is 5.73 Å². The Bertz CT molecular complexity index is 607. The molecule has 3 nitrogen and oxygen atoms in total. The maximum Gasteiger partial charge on any atom is 0.244 e. The largest absolute Gasteiger partial charge is 0.399 e. The lowest BCUT2D eigenvalue weighted by Gasteiger charge is -1.99. The van der Waals surface area contributed by atoms with Crippen molar-refractivity contribution in [3.8, 4) is 0 Å². The molecule has 0 aliphatic carbocycles. The van der Waals surface area contributed by atoms with Gasteiger partial charge in [-0.2, -0.15) is 0 Å². The Kier molecular flexibility index (Phi) is 4.58. The van der Waals surface area contributed by atoms with Crippen LogP contribution in [-0.4, -0.2) is 5.91 Å². The number of hydrogen-bond acceptors (Lipinski definition) is 3. The lowest BCUT2D eigenvalue weighted by molar-refractivity contribution is -0.116. The molecule has 0 aliphatic heterocycles. The molecule has 0 unspecified atom stereocenters. The number of aryl methyl sites for hydroxylation is 2. The highest BCUT2D eigenvalue weighted by molar-refractivity contribution is 7.12. The second-order valence-electron chi connectivity index (χ2n) is 4.67. The SMILES string of the molecule is Cc1cc(CNC(=O)/C=C/c2ccc(N)cc2)sc1C. The Hall–Kier alpha value is -2.07. The summed E-state index contributed by atoms with van der Waals surface area (Å²) in [7, 11) is 0. The summed E-state index contributed by atoms with van der Waals surface area (Å²) in [6.45, 7) is 4.74. The molecule has 0 saturated carbocycles. The Morgan fingerprint density at radius 3 is 2.60 bits per heavy atom. The molecule has 0 radical (unpaired) electrons. The van der Waals surface area contributed by atoms with Crippen molar-refractivity contribution in [3.63, 3.8) is 0 Å². The zero-order valence-corrected chi connectivity index (χ0v) is 12.5. The number of hydrogen-bond donors (Lipinski definition) is 2. The van der Waals surface area contributed by atoms with Crippen molar-refractivity contribution in [2.24, 2.45) is 0 Å². The van der Waals surface area contributed by atoms with E-state index in [1.807, 2.05) is 24.3 Å². The third-order valence-corrected chi connectivity index (χ3v) is 4.17. The summed E-state index contributed by atoms with van der Waals surface area (Å²) in [5.41, 5.74) is 8.55. The lowest BCUT2D eigenvalue weighted by Crippen LogP contribution is -2.19. The zero-order valence-electron chi connectivity index (χ0n) is 11.6. The van der Waals surface area contributed by atoms with Gasteiger partial charge in [-0.15, -0.1) is 11.3 Å². The highest BCUT2D eigenvalue weighted by Gasteiger charge is 2.02. The van der Waals surface area contributed by atoms with Crippen molar-refractivity contribution in [3.05, 3.63) is 57.3 Å². The number of rotatable bonds is 4. The molecule has 0 fully saturated rings. The summed E-state index contributed by atoms with van der Waals surface area (Å²) in [5.74, 6) is -0.0921. The van der Waals surface area contributed by atoms with Crippen molar-refractivity contribution in [2.45, 2.75) is 20.4 Å². The predicted octanol–water partition coefficient (Wildman–Crippen LogP) is 3.28. The second-order valence-corrected chi connectivity index (χ2v) is 6.01. The molecule has 1 aromatic heterocycles. The number of carbonyl (C=O) groups excluding carboxylic acids is 1. The minimum atomic E-state index is -0.0921. The molecule has 1 amide bonds. The van der Waals surface area contributed by atoms with Crippen LogP contribution >= 0.6 is 11.3 Å². The van der Waals surface area contributed by atoms with Crippen LogP contribution in [-0.2, 0) is 11.3 Å². The molecule has 3 N–H and O–H groups in total. The van der Waals surface area contributed by atoms with Crippen LogP contribution in [0, 0.1) is 13.8 Å². The molecule has 2 aromatic rings. The van der Waals surface area contributed by atoms with Gasteiger partial charge in [0.05, 0.1) is 6.54 Å². The molecular weight excluding hydrogens is 268 g/mol. The van der Waals surface area contributed by atoms with Crippen LogP contribution in [0.2, 0.25) is 0 Å². The van der Waals surface area contributed by atoms with Crippen LogP contribution in [0.1, 0.15) is 20.9 Å². The van der Waals surface area contributed by atoms with Crippen LogP contribution in [0.25, 0.3) is 6.08 Å².